The second-order valence-corrected chi connectivity index (χ2v) is 5.79. The van der Waals surface area contributed by atoms with Crippen LogP contribution in [-0.4, -0.2) is 35.7 Å². The third kappa shape index (κ3) is 3.99. The number of pyridine rings is 1. The van der Waals surface area contributed by atoms with E-state index in [9.17, 15) is 10.1 Å². The van der Waals surface area contributed by atoms with Gasteiger partial charge in [-0.3, -0.25) is 10.1 Å². The van der Waals surface area contributed by atoms with Gasteiger partial charge < -0.3 is 14.4 Å². The lowest BCUT2D eigenvalue weighted by Gasteiger charge is -2.32. The summed E-state index contributed by atoms with van der Waals surface area (Å²) in [6.07, 6.45) is 3.19. The zero-order chi connectivity index (χ0) is 17.6. The van der Waals surface area contributed by atoms with Crippen molar-refractivity contribution in [2.45, 2.75) is 25.9 Å². The first-order chi connectivity index (χ1) is 12.2. The SMILES string of the molecule is CCOc1ccccc1OC1CCN(c2ncccc2[N+](=O)[O-])CC1. The number of aromatic nitrogens is 1. The van der Waals surface area contributed by atoms with Crippen molar-refractivity contribution in [3.8, 4) is 11.5 Å². The summed E-state index contributed by atoms with van der Waals surface area (Å²) in [5, 5.41) is 11.2. The number of hydrogen-bond acceptors (Lipinski definition) is 6. The molecule has 7 nitrogen and oxygen atoms in total. The fraction of sp³-hybridized carbons (Fsp3) is 0.389. The van der Waals surface area contributed by atoms with Gasteiger partial charge in [0.15, 0.2) is 11.5 Å². The molecule has 0 saturated carbocycles. The Labute approximate surface area is 146 Å². The summed E-state index contributed by atoms with van der Waals surface area (Å²) in [5.74, 6) is 1.92. The summed E-state index contributed by atoms with van der Waals surface area (Å²) in [5.41, 5.74) is 0.0450. The van der Waals surface area contributed by atoms with Crippen LogP contribution in [0.4, 0.5) is 11.5 Å². The Hall–Kier alpha value is -2.83. The molecule has 0 amide bonds. The van der Waals surface area contributed by atoms with E-state index in [4.69, 9.17) is 9.47 Å². The van der Waals surface area contributed by atoms with Crippen LogP contribution in [0.15, 0.2) is 42.6 Å². The van der Waals surface area contributed by atoms with Crippen molar-refractivity contribution in [3.63, 3.8) is 0 Å². The highest BCUT2D eigenvalue weighted by atomic mass is 16.6. The maximum absolute atomic E-state index is 11.2. The van der Waals surface area contributed by atoms with E-state index in [0.717, 1.165) is 24.3 Å². The van der Waals surface area contributed by atoms with Crippen LogP contribution in [0.1, 0.15) is 19.8 Å². The molecule has 0 radical (unpaired) electrons. The molecule has 1 aromatic carbocycles. The van der Waals surface area contributed by atoms with Crippen LogP contribution >= 0.6 is 0 Å². The van der Waals surface area contributed by atoms with Crippen molar-refractivity contribution in [2.24, 2.45) is 0 Å². The molecule has 1 fully saturated rings. The Bertz CT molecular complexity index is 730. The van der Waals surface area contributed by atoms with Crippen LogP contribution in [0.2, 0.25) is 0 Å². The predicted molar refractivity (Wildman–Crippen MR) is 94.4 cm³/mol. The second kappa shape index (κ2) is 7.83. The number of para-hydroxylation sites is 2. The maximum Gasteiger partial charge on any atom is 0.311 e. The van der Waals surface area contributed by atoms with Crippen LogP contribution in [0.3, 0.4) is 0 Å². The topological polar surface area (TPSA) is 77.7 Å². The molecule has 0 spiro atoms. The minimum absolute atomic E-state index is 0.0450. The van der Waals surface area contributed by atoms with E-state index in [0.29, 0.717) is 25.5 Å². The quantitative estimate of drug-likeness (QED) is 0.591. The summed E-state index contributed by atoms with van der Waals surface area (Å²) in [4.78, 5) is 16.9. The minimum atomic E-state index is -0.386. The van der Waals surface area contributed by atoms with E-state index in [2.05, 4.69) is 4.98 Å². The lowest BCUT2D eigenvalue weighted by Crippen LogP contribution is -2.39. The third-order valence-electron chi connectivity index (χ3n) is 4.15. The number of rotatable bonds is 6. The summed E-state index contributed by atoms with van der Waals surface area (Å²) < 4.78 is 11.7. The van der Waals surface area contributed by atoms with Gasteiger partial charge >= 0.3 is 5.69 Å². The monoisotopic (exact) mass is 343 g/mol. The number of nitrogens with zero attached hydrogens (tertiary/aromatic N) is 3. The second-order valence-electron chi connectivity index (χ2n) is 5.79. The molecule has 0 bridgehead atoms. The van der Waals surface area contributed by atoms with Crippen LogP contribution in [0.25, 0.3) is 0 Å². The standard InChI is InChI=1S/C18H21N3O4/c1-2-24-16-7-3-4-8-17(16)25-14-9-12-20(13-10-14)18-15(21(22)23)6-5-11-19-18/h3-8,11,14H,2,9-10,12-13H2,1H3. The molecule has 0 N–H and O–H groups in total. The van der Waals surface area contributed by atoms with Gasteiger partial charge in [0.25, 0.3) is 0 Å². The average Bonchev–Trinajstić information content (AvgIpc) is 2.64. The van der Waals surface area contributed by atoms with Crippen LogP contribution in [-0.2, 0) is 0 Å². The first-order valence-corrected chi connectivity index (χ1v) is 8.42. The van der Waals surface area contributed by atoms with Crippen LogP contribution in [0.5, 0.6) is 11.5 Å². The van der Waals surface area contributed by atoms with Crippen molar-refractivity contribution >= 4 is 11.5 Å². The van der Waals surface area contributed by atoms with Gasteiger partial charge in [-0.25, -0.2) is 4.98 Å². The molecule has 25 heavy (non-hydrogen) atoms. The molecule has 7 heteroatoms. The zero-order valence-electron chi connectivity index (χ0n) is 14.1. The highest BCUT2D eigenvalue weighted by Gasteiger charge is 2.27. The van der Waals surface area contributed by atoms with Gasteiger partial charge in [0.1, 0.15) is 6.10 Å². The molecular weight excluding hydrogens is 322 g/mol. The van der Waals surface area contributed by atoms with E-state index < -0.39 is 0 Å². The Balaban J connectivity index is 1.64. The van der Waals surface area contributed by atoms with E-state index in [-0.39, 0.29) is 16.7 Å². The molecule has 1 saturated heterocycles. The Morgan fingerprint density at radius 2 is 1.92 bits per heavy atom. The molecule has 0 atom stereocenters. The molecule has 2 heterocycles. The Morgan fingerprint density at radius 1 is 1.20 bits per heavy atom. The molecule has 2 aromatic rings. The van der Waals surface area contributed by atoms with Gasteiger partial charge in [0.2, 0.25) is 5.82 Å². The van der Waals surface area contributed by atoms with Gasteiger partial charge in [0.05, 0.1) is 11.5 Å². The highest BCUT2D eigenvalue weighted by molar-refractivity contribution is 5.57. The summed E-state index contributed by atoms with van der Waals surface area (Å²) in [6, 6.07) is 10.7. The van der Waals surface area contributed by atoms with Crippen LogP contribution < -0.4 is 14.4 Å². The molecule has 132 valence electrons. The summed E-state index contributed by atoms with van der Waals surface area (Å²) in [6.45, 7) is 3.86. The normalized spacial score (nSPS) is 15.0. The van der Waals surface area contributed by atoms with Gasteiger partial charge in [-0.2, -0.15) is 0 Å². The van der Waals surface area contributed by atoms with Gasteiger partial charge in [0, 0.05) is 38.2 Å². The van der Waals surface area contributed by atoms with E-state index in [1.807, 2.05) is 36.1 Å². The molecule has 1 aliphatic rings. The number of nitro groups is 1. The molecule has 3 rings (SSSR count). The first-order valence-electron chi connectivity index (χ1n) is 8.42. The largest absolute Gasteiger partial charge is 0.490 e. The summed E-state index contributed by atoms with van der Waals surface area (Å²) in [7, 11) is 0. The van der Waals surface area contributed by atoms with Crippen molar-refractivity contribution in [1.29, 1.82) is 0 Å². The average molecular weight is 343 g/mol. The molecule has 1 aliphatic heterocycles. The third-order valence-corrected chi connectivity index (χ3v) is 4.15. The minimum Gasteiger partial charge on any atom is -0.490 e. The predicted octanol–water partition coefficient (Wildman–Crippen LogP) is 3.44. The molecule has 0 unspecified atom stereocenters. The fourth-order valence-electron chi connectivity index (χ4n) is 2.96. The number of piperidine rings is 1. The van der Waals surface area contributed by atoms with Crippen molar-refractivity contribution in [3.05, 3.63) is 52.7 Å². The van der Waals surface area contributed by atoms with Crippen molar-refractivity contribution in [1.82, 2.24) is 4.98 Å². The maximum atomic E-state index is 11.2. The fourth-order valence-corrected chi connectivity index (χ4v) is 2.96. The van der Waals surface area contributed by atoms with Crippen molar-refractivity contribution < 1.29 is 14.4 Å². The molecule has 0 aliphatic carbocycles. The van der Waals surface area contributed by atoms with E-state index >= 15 is 0 Å². The summed E-state index contributed by atoms with van der Waals surface area (Å²) >= 11 is 0. The molecule has 1 aromatic heterocycles. The Morgan fingerprint density at radius 3 is 2.60 bits per heavy atom. The number of anilines is 1. The first kappa shape index (κ1) is 17.0. The van der Waals surface area contributed by atoms with Crippen molar-refractivity contribution in [2.75, 3.05) is 24.6 Å². The number of hydrogen-bond donors (Lipinski definition) is 0. The number of benzene rings is 1. The van der Waals surface area contributed by atoms with E-state index in [1.54, 1.807) is 12.3 Å². The highest BCUT2D eigenvalue weighted by Crippen LogP contribution is 2.31. The zero-order valence-corrected chi connectivity index (χ0v) is 14.1. The van der Waals surface area contributed by atoms with E-state index in [1.165, 1.54) is 6.07 Å². The van der Waals surface area contributed by atoms with Gasteiger partial charge in [-0.05, 0) is 25.1 Å². The van der Waals surface area contributed by atoms with Gasteiger partial charge in [-0.1, -0.05) is 12.1 Å². The lowest BCUT2D eigenvalue weighted by atomic mass is 10.1. The lowest BCUT2D eigenvalue weighted by molar-refractivity contribution is -0.384. The Kier molecular flexibility index (Phi) is 5.33. The molecular formula is C18H21N3O4. The van der Waals surface area contributed by atoms with Crippen LogP contribution in [0, 0.1) is 10.1 Å². The number of ether oxygens (including phenoxy) is 2. The smallest absolute Gasteiger partial charge is 0.311 e. The van der Waals surface area contributed by atoms with Gasteiger partial charge in [-0.15, -0.1) is 0 Å².